The molecule has 0 saturated heterocycles. The van der Waals surface area contributed by atoms with Crippen molar-refractivity contribution in [2.24, 2.45) is 0 Å². The highest BCUT2D eigenvalue weighted by atomic mass is 16.5. The maximum Gasteiger partial charge on any atom is 0.330 e. The van der Waals surface area contributed by atoms with Crippen molar-refractivity contribution < 1.29 is 14.3 Å². The summed E-state index contributed by atoms with van der Waals surface area (Å²) < 4.78 is 9.68. The molecule has 0 aliphatic heterocycles. The number of hydrogen-bond acceptors (Lipinski definition) is 3. The first-order chi connectivity index (χ1) is 5.20. The molecule has 0 N–H and O–H groups in total. The van der Waals surface area contributed by atoms with E-state index in [-0.39, 0.29) is 12.1 Å². The SMILES string of the molecule is C=CC(=O)OCC[C@@H](C)OC. The summed E-state index contributed by atoms with van der Waals surface area (Å²) >= 11 is 0. The fourth-order valence-electron chi connectivity index (χ4n) is 0.502. The lowest BCUT2D eigenvalue weighted by atomic mass is 10.3. The van der Waals surface area contributed by atoms with Crippen LogP contribution < -0.4 is 0 Å². The molecule has 3 heteroatoms. The predicted molar refractivity (Wildman–Crippen MR) is 42.2 cm³/mol. The zero-order chi connectivity index (χ0) is 8.69. The zero-order valence-electron chi connectivity index (χ0n) is 7.00. The van der Waals surface area contributed by atoms with E-state index in [4.69, 9.17) is 9.47 Å². The predicted octanol–water partition coefficient (Wildman–Crippen LogP) is 1.14. The molecule has 0 heterocycles. The van der Waals surface area contributed by atoms with Gasteiger partial charge in [0.15, 0.2) is 0 Å². The lowest BCUT2D eigenvalue weighted by Crippen LogP contribution is -2.11. The van der Waals surface area contributed by atoms with Crippen LogP contribution in [-0.4, -0.2) is 25.8 Å². The summed E-state index contributed by atoms with van der Waals surface area (Å²) in [5.41, 5.74) is 0. The first-order valence-corrected chi connectivity index (χ1v) is 3.52. The van der Waals surface area contributed by atoms with Crippen molar-refractivity contribution in [3.05, 3.63) is 12.7 Å². The van der Waals surface area contributed by atoms with Crippen molar-refractivity contribution in [2.75, 3.05) is 13.7 Å². The minimum absolute atomic E-state index is 0.132. The van der Waals surface area contributed by atoms with Crippen molar-refractivity contribution >= 4 is 5.97 Å². The maximum absolute atomic E-state index is 10.5. The Balaban J connectivity index is 3.26. The minimum Gasteiger partial charge on any atom is -0.462 e. The summed E-state index contributed by atoms with van der Waals surface area (Å²) in [6.45, 7) is 5.58. The molecular weight excluding hydrogens is 144 g/mol. The quantitative estimate of drug-likeness (QED) is 0.444. The summed E-state index contributed by atoms with van der Waals surface area (Å²) in [6.07, 6.45) is 2.00. The van der Waals surface area contributed by atoms with Gasteiger partial charge in [0.2, 0.25) is 0 Å². The van der Waals surface area contributed by atoms with Gasteiger partial charge in [-0.05, 0) is 6.92 Å². The maximum atomic E-state index is 10.5. The summed E-state index contributed by atoms with van der Waals surface area (Å²) in [7, 11) is 1.62. The van der Waals surface area contributed by atoms with E-state index < -0.39 is 0 Å². The average Bonchev–Trinajstić information content (AvgIpc) is 2.04. The third-order valence-electron chi connectivity index (χ3n) is 1.34. The highest BCUT2D eigenvalue weighted by Gasteiger charge is 2.00. The van der Waals surface area contributed by atoms with E-state index in [0.29, 0.717) is 6.61 Å². The van der Waals surface area contributed by atoms with Crippen LogP contribution >= 0.6 is 0 Å². The molecule has 0 radical (unpaired) electrons. The van der Waals surface area contributed by atoms with Crippen LogP contribution in [0.5, 0.6) is 0 Å². The number of carbonyl (C=O) groups excluding carboxylic acids is 1. The van der Waals surface area contributed by atoms with Crippen molar-refractivity contribution in [2.45, 2.75) is 19.4 Å². The lowest BCUT2D eigenvalue weighted by Gasteiger charge is -2.07. The van der Waals surface area contributed by atoms with E-state index in [0.717, 1.165) is 12.5 Å². The van der Waals surface area contributed by atoms with Crippen molar-refractivity contribution in [1.82, 2.24) is 0 Å². The first-order valence-electron chi connectivity index (χ1n) is 3.52. The molecule has 0 spiro atoms. The fourth-order valence-corrected chi connectivity index (χ4v) is 0.502. The molecule has 0 aliphatic rings. The van der Waals surface area contributed by atoms with Gasteiger partial charge in [-0.3, -0.25) is 0 Å². The topological polar surface area (TPSA) is 35.5 Å². The minimum atomic E-state index is -0.381. The Labute approximate surface area is 67.0 Å². The monoisotopic (exact) mass is 158 g/mol. The summed E-state index contributed by atoms with van der Waals surface area (Å²) in [4.78, 5) is 10.5. The third-order valence-corrected chi connectivity index (χ3v) is 1.34. The smallest absolute Gasteiger partial charge is 0.330 e. The molecule has 0 bridgehead atoms. The number of hydrogen-bond donors (Lipinski definition) is 0. The molecular formula is C8H14O3. The second-order valence-corrected chi connectivity index (χ2v) is 2.21. The number of carbonyl (C=O) groups is 1. The fraction of sp³-hybridized carbons (Fsp3) is 0.625. The largest absolute Gasteiger partial charge is 0.462 e. The summed E-state index contributed by atoms with van der Waals surface area (Å²) in [5, 5.41) is 0. The summed E-state index contributed by atoms with van der Waals surface area (Å²) in [6, 6.07) is 0. The number of esters is 1. The van der Waals surface area contributed by atoms with Gasteiger partial charge in [-0.1, -0.05) is 6.58 Å². The first kappa shape index (κ1) is 10.2. The van der Waals surface area contributed by atoms with Crippen molar-refractivity contribution in [1.29, 1.82) is 0 Å². The van der Waals surface area contributed by atoms with E-state index in [1.807, 2.05) is 6.92 Å². The van der Waals surface area contributed by atoms with Crippen molar-refractivity contribution in [3.63, 3.8) is 0 Å². The van der Waals surface area contributed by atoms with Crippen LogP contribution in [0.1, 0.15) is 13.3 Å². The zero-order valence-corrected chi connectivity index (χ0v) is 7.00. The molecule has 11 heavy (non-hydrogen) atoms. The Morgan fingerprint density at radius 1 is 1.73 bits per heavy atom. The number of rotatable bonds is 5. The van der Waals surface area contributed by atoms with Gasteiger partial charge in [0.1, 0.15) is 0 Å². The van der Waals surface area contributed by atoms with Gasteiger partial charge in [0, 0.05) is 19.6 Å². The second-order valence-electron chi connectivity index (χ2n) is 2.21. The highest BCUT2D eigenvalue weighted by Crippen LogP contribution is 1.95. The Bertz CT molecular complexity index is 131. The van der Waals surface area contributed by atoms with Gasteiger partial charge in [-0.25, -0.2) is 4.79 Å². The molecule has 64 valence electrons. The van der Waals surface area contributed by atoms with Crippen LogP contribution in [0, 0.1) is 0 Å². The molecule has 0 saturated carbocycles. The van der Waals surface area contributed by atoms with Crippen LogP contribution in [0.2, 0.25) is 0 Å². The van der Waals surface area contributed by atoms with Crippen LogP contribution in [-0.2, 0) is 14.3 Å². The van der Waals surface area contributed by atoms with Gasteiger partial charge >= 0.3 is 5.97 Å². The third kappa shape index (κ3) is 5.61. The molecule has 0 aromatic heterocycles. The Hall–Kier alpha value is -0.830. The molecule has 0 aromatic carbocycles. The van der Waals surface area contributed by atoms with Gasteiger partial charge < -0.3 is 9.47 Å². The van der Waals surface area contributed by atoms with Crippen LogP contribution in [0.3, 0.4) is 0 Å². The van der Waals surface area contributed by atoms with Gasteiger partial charge in [-0.15, -0.1) is 0 Å². The Kier molecular flexibility index (Phi) is 5.47. The van der Waals surface area contributed by atoms with Crippen LogP contribution in [0.15, 0.2) is 12.7 Å². The van der Waals surface area contributed by atoms with Crippen molar-refractivity contribution in [3.8, 4) is 0 Å². The van der Waals surface area contributed by atoms with E-state index >= 15 is 0 Å². The van der Waals surface area contributed by atoms with E-state index in [1.165, 1.54) is 0 Å². The second kappa shape index (κ2) is 5.92. The van der Waals surface area contributed by atoms with Crippen LogP contribution in [0.25, 0.3) is 0 Å². The molecule has 0 aromatic rings. The molecule has 0 rings (SSSR count). The molecule has 0 fully saturated rings. The van der Waals surface area contributed by atoms with Gasteiger partial charge in [0.25, 0.3) is 0 Å². The van der Waals surface area contributed by atoms with Gasteiger partial charge in [-0.2, -0.15) is 0 Å². The molecule has 0 aliphatic carbocycles. The molecule has 3 nitrogen and oxygen atoms in total. The van der Waals surface area contributed by atoms with E-state index in [2.05, 4.69) is 6.58 Å². The molecule has 0 amide bonds. The average molecular weight is 158 g/mol. The normalized spacial score (nSPS) is 12.2. The number of ether oxygens (including phenoxy) is 2. The Morgan fingerprint density at radius 3 is 2.82 bits per heavy atom. The van der Waals surface area contributed by atoms with E-state index in [9.17, 15) is 4.79 Å². The molecule has 1 atom stereocenters. The molecule has 0 unspecified atom stereocenters. The number of methoxy groups -OCH3 is 1. The van der Waals surface area contributed by atoms with E-state index in [1.54, 1.807) is 7.11 Å². The Morgan fingerprint density at radius 2 is 2.36 bits per heavy atom. The van der Waals surface area contributed by atoms with Crippen LogP contribution in [0.4, 0.5) is 0 Å². The standard InChI is InChI=1S/C8H14O3/c1-4-8(9)11-6-5-7(2)10-3/h4,7H,1,5-6H2,2-3H3/t7-/m1/s1. The lowest BCUT2D eigenvalue weighted by molar-refractivity contribution is -0.138. The highest BCUT2D eigenvalue weighted by molar-refractivity contribution is 5.81. The summed E-state index contributed by atoms with van der Waals surface area (Å²) in [5.74, 6) is -0.381. The van der Waals surface area contributed by atoms with Gasteiger partial charge in [0.05, 0.1) is 12.7 Å².